The van der Waals surface area contributed by atoms with E-state index < -0.39 is 0 Å². The summed E-state index contributed by atoms with van der Waals surface area (Å²) < 4.78 is 0. The summed E-state index contributed by atoms with van der Waals surface area (Å²) in [6.45, 7) is 0. The lowest BCUT2D eigenvalue weighted by Crippen LogP contribution is -2.19. The van der Waals surface area contributed by atoms with E-state index in [4.69, 9.17) is 24.4 Å². The molecular weight excluding hydrogens is 381 g/mol. The van der Waals surface area contributed by atoms with Gasteiger partial charge in [-0.15, -0.1) is 0 Å². The van der Waals surface area contributed by atoms with E-state index in [1.165, 1.54) is 0 Å². The number of hydrogen-bond acceptors (Lipinski definition) is 5. The van der Waals surface area contributed by atoms with Crippen LogP contribution in [-0.2, 0) is 0 Å². The maximum Gasteiger partial charge on any atom is 0.0801 e. The van der Waals surface area contributed by atoms with Crippen molar-refractivity contribution < 1.29 is 0 Å². The highest BCUT2D eigenvalue weighted by atomic mass is 33.5. The van der Waals surface area contributed by atoms with Crippen LogP contribution < -0.4 is 9.80 Å². The molecule has 0 aliphatic rings. The molecule has 0 aliphatic heterocycles. The Morgan fingerprint density at radius 1 is 0.696 bits per heavy atom. The van der Waals surface area contributed by atoms with Gasteiger partial charge in [0.2, 0.25) is 0 Å². The first-order chi connectivity index (χ1) is 11.3. The number of hydrogen-bond donors (Lipinski definition) is 0. The first-order valence-electron chi connectivity index (χ1n) is 6.80. The van der Waals surface area contributed by atoms with Crippen molar-refractivity contribution in [3.05, 3.63) is 60.7 Å². The third-order valence-corrected chi connectivity index (χ3v) is 7.32. The van der Waals surface area contributed by atoms with Gasteiger partial charge in [0.1, 0.15) is 0 Å². The monoisotopic (exact) mass is 396 g/mol. The fourth-order valence-corrected chi connectivity index (χ4v) is 5.70. The van der Waals surface area contributed by atoms with Gasteiger partial charge < -0.3 is 9.80 Å². The Kier molecular flexibility index (Phi) is 8.85. The Balaban J connectivity index is 1.72. The van der Waals surface area contributed by atoms with Gasteiger partial charge in [-0.2, -0.15) is 0 Å². The van der Waals surface area contributed by atoms with Crippen molar-refractivity contribution in [3.8, 4) is 0 Å². The predicted octanol–water partition coefficient (Wildman–Crippen LogP) is 5.86. The molecule has 0 unspecified atom stereocenters. The van der Waals surface area contributed by atoms with Crippen LogP contribution in [0.3, 0.4) is 0 Å². The number of anilines is 2. The summed E-state index contributed by atoms with van der Waals surface area (Å²) in [5, 5.41) is 0. The first-order valence-corrected chi connectivity index (χ1v) is 11.6. The zero-order chi connectivity index (χ0) is 16.3. The van der Waals surface area contributed by atoms with E-state index in [1.807, 2.05) is 36.4 Å². The SMILES string of the molecule is S=CN(CSSSCN(C=S)c1ccccc1)c1ccccc1. The van der Waals surface area contributed by atoms with E-state index in [1.54, 1.807) is 42.4 Å². The van der Waals surface area contributed by atoms with E-state index in [0.29, 0.717) is 0 Å². The number of para-hydroxylation sites is 2. The molecule has 23 heavy (non-hydrogen) atoms. The summed E-state index contributed by atoms with van der Waals surface area (Å²) in [5.41, 5.74) is 5.62. The van der Waals surface area contributed by atoms with Gasteiger partial charge in [-0.1, -0.05) is 82.4 Å². The minimum Gasteiger partial charge on any atom is -0.328 e. The second-order valence-electron chi connectivity index (χ2n) is 4.38. The molecule has 0 aromatic heterocycles. The van der Waals surface area contributed by atoms with Crippen molar-refractivity contribution in [2.24, 2.45) is 0 Å². The predicted molar refractivity (Wildman–Crippen MR) is 118 cm³/mol. The van der Waals surface area contributed by atoms with Crippen LogP contribution in [0.1, 0.15) is 0 Å². The molecule has 0 N–H and O–H groups in total. The molecule has 0 radical (unpaired) electrons. The minimum atomic E-state index is 0.814. The smallest absolute Gasteiger partial charge is 0.0801 e. The third-order valence-electron chi connectivity index (χ3n) is 2.91. The average molecular weight is 397 g/mol. The molecule has 0 heterocycles. The van der Waals surface area contributed by atoms with Crippen molar-refractivity contribution in [1.82, 2.24) is 0 Å². The van der Waals surface area contributed by atoms with Crippen LogP contribution in [0, 0.1) is 0 Å². The molecule has 120 valence electrons. The summed E-state index contributed by atoms with van der Waals surface area (Å²) in [6.07, 6.45) is 0. The summed E-state index contributed by atoms with van der Waals surface area (Å²) in [5.74, 6) is 1.63. The van der Waals surface area contributed by atoms with Crippen molar-refractivity contribution >= 4 is 78.2 Å². The molecule has 0 atom stereocenters. The van der Waals surface area contributed by atoms with Gasteiger partial charge in [-0.25, -0.2) is 0 Å². The van der Waals surface area contributed by atoms with Crippen molar-refractivity contribution in [2.75, 3.05) is 21.6 Å². The number of rotatable bonds is 10. The van der Waals surface area contributed by atoms with Crippen LogP contribution in [0.2, 0.25) is 0 Å². The van der Waals surface area contributed by atoms with E-state index in [0.717, 1.165) is 23.1 Å². The quantitative estimate of drug-likeness (QED) is 0.212. The van der Waals surface area contributed by atoms with Crippen LogP contribution in [-0.4, -0.2) is 22.7 Å². The molecular formula is C16H16N2S5. The Bertz CT molecular complexity index is 540. The zero-order valence-electron chi connectivity index (χ0n) is 12.3. The molecule has 0 saturated carbocycles. The van der Waals surface area contributed by atoms with E-state index in [9.17, 15) is 0 Å². The molecule has 0 saturated heterocycles. The minimum absolute atomic E-state index is 0.814. The summed E-state index contributed by atoms with van der Waals surface area (Å²) in [4.78, 5) is 4.11. The van der Waals surface area contributed by atoms with E-state index in [-0.39, 0.29) is 0 Å². The Morgan fingerprint density at radius 3 is 1.43 bits per heavy atom. The van der Waals surface area contributed by atoms with E-state index >= 15 is 0 Å². The lowest BCUT2D eigenvalue weighted by Gasteiger charge is -2.19. The molecule has 2 rings (SSSR count). The number of thiocarbonyl (C=S) groups is 2. The topological polar surface area (TPSA) is 6.48 Å². The first kappa shape index (κ1) is 18.6. The number of nitrogens with zero attached hydrogens (tertiary/aromatic N) is 2. The van der Waals surface area contributed by atoms with Gasteiger partial charge in [0, 0.05) is 11.4 Å². The Morgan fingerprint density at radius 2 is 1.09 bits per heavy atom. The fourth-order valence-electron chi connectivity index (χ4n) is 1.76. The molecule has 7 heteroatoms. The molecule has 0 aliphatic carbocycles. The maximum atomic E-state index is 5.10. The van der Waals surface area contributed by atoms with Crippen LogP contribution in [0.25, 0.3) is 0 Å². The Hall–Kier alpha value is -0.730. The highest BCUT2D eigenvalue weighted by Gasteiger charge is 2.05. The summed E-state index contributed by atoms with van der Waals surface area (Å²) in [7, 11) is 5.27. The fraction of sp³-hybridized carbons (Fsp3) is 0.125. The van der Waals surface area contributed by atoms with Crippen LogP contribution >= 0.6 is 55.8 Å². The van der Waals surface area contributed by atoms with E-state index in [2.05, 4.69) is 34.1 Å². The van der Waals surface area contributed by atoms with Gasteiger partial charge in [-0.3, -0.25) is 0 Å². The normalized spacial score (nSPS) is 10.1. The van der Waals surface area contributed by atoms with Gasteiger partial charge in [0.05, 0.1) is 22.7 Å². The standard InChI is InChI=1S/C16H16N2S5/c19-11-17(15-7-3-1-4-8-15)13-21-23-22-14-18(12-20)16-9-5-2-6-10-16/h1-12H,13-14H2. The van der Waals surface area contributed by atoms with Crippen molar-refractivity contribution in [3.63, 3.8) is 0 Å². The van der Waals surface area contributed by atoms with Gasteiger partial charge in [0.15, 0.2) is 0 Å². The van der Waals surface area contributed by atoms with Crippen LogP contribution in [0.15, 0.2) is 60.7 Å². The highest BCUT2D eigenvalue weighted by molar-refractivity contribution is 9.09. The molecule has 0 bridgehead atoms. The Labute approximate surface area is 159 Å². The third kappa shape index (κ3) is 6.35. The van der Waals surface area contributed by atoms with Crippen LogP contribution in [0.5, 0.6) is 0 Å². The zero-order valence-corrected chi connectivity index (χ0v) is 16.4. The molecule has 0 spiro atoms. The lowest BCUT2D eigenvalue weighted by atomic mass is 10.3. The second-order valence-corrected chi connectivity index (χ2v) is 8.98. The number of benzene rings is 2. The molecule has 2 aromatic carbocycles. The van der Waals surface area contributed by atoms with Crippen molar-refractivity contribution in [2.45, 2.75) is 0 Å². The van der Waals surface area contributed by atoms with Gasteiger partial charge in [0.25, 0.3) is 0 Å². The molecule has 0 amide bonds. The second kappa shape index (κ2) is 10.9. The maximum absolute atomic E-state index is 5.10. The highest BCUT2D eigenvalue weighted by Crippen LogP contribution is 2.36. The van der Waals surface area contributed by atoms with Gasteiger partial charge in [-0.05, 0) is 34.1 Å². The van der Waals surface area contributed by atoms with Crippen LogP contribution in [0.4, 0.5) is 11.4 Å². The van der Waals surface area contributed by atoms with Gasteiger partial charge >= 0.3 is 0 Å². The summed E-state index contributed by atoms with van der Waals surface area (Å²) in [6, 6.07) is 20.3. The molecule has 2 aromatic rings. The molecule has 0 fully saturated rings. The largest absolute Gasteiger partial charge is 0.328 e. The molecule has 2 nitrogen and oxygen atoms in total. The average Bonchev–Trinajstić information content (AvgIpc) is 2.63. The van der Waals surface area contributed by atoms with Crippen molar-refractivity contribution in [1.29, 1.82) is 0 Å². The summed E-state index contributed by atoms with van der Waals surface area (Å²) >= 11 is 10.2. The lowest BCUT2D eigenvalue weighted by molar-refractivity contribution is 1.28.